The summed E-state index contributed by atoms with van der Waals surface area (Å²) in [6.45, 7) is 15.0. The molecule has 210 valence electrons. The Labute approximate surface area is 228 Å². The first-order valence-electron chi connectivity index (χ1n) is 14.3. The van der Waals surface area contributed by atoms with Crippen molar-refractivity contribution in [2.45, 2.75) is 104 Å². The first-order chi connectivity index (χ1) is 17.8. The number of amides is 1. The van der Waals surface area contributed by atoms with Gasteiger partial charge in [-0.3, -0.25) is 4.79 Å². The third-order valence-electron chi connectivity index (χ3n) is 8.89. The summed E-state index contributed by atoms with van der Waals surface area (Å²) in [5, 5.41) is 9.48. The predicted molar refractivity (Wildman–Crippen MR) is 150 cm³/mol. The van der Waals surface area contributed by atoms with E-state index in [9.17, 15) is 14.7 Å². The highest BCUT2D eigenvalue weighted by atomic mass is 16.5. The van der Waals surface area contributed by atoms with Crippen LogP contribution >= 0.6 is 0 Å². The van der Waals surface area contributed by atoms with Crippen LogP contribution in [0.3, 0.4) is 0 Å². The van der Waals surface area contributed by atoms with E-state index in [2.05, 4.69) is 51.3 Å². The topological polar surface area (TPSA) is 82.4 Å². The molecule has 2 aliphatic heterocycles. The Morgan fingerprint density at radius 3 is 2.39 bits per heavy atom. The number of ether oxygens (including phenoxy) is 1. The molecule has 1 amide bonds. The minimum atomic E-state index is -0.941. The SMILES string of the molecule is COCC1CCCN1C1=NC2(CCC(C(C)(C)C)C2)N([C@H](CCC(C)(C)C)c2ccc(C(=O)O)cc2)C1=O. The molecule has 2 heterocycles. The fourth-order valence-electron chi connectivity index (χ4n) is 6.62. The number of aliphatic imine (C=N–C) groups is 1. The molecular formula is C31H47N3O4. The Morgan fingerprint density at radius 1 is 1.16 bits per heavy atom. The summed E-state index contributed by atoms with van der Waals surface area (Å²) < 4.78 is 5.51. The summed E-state index contributed by atoms with van der Waals surface area (Å²) in [6, 6.07) is 7.12. The van der Waals surface area contributed by atoms with Gasteiger partial charge in [0, 0.05) is 13.7 Å². The fourth-order valence-corrected chi connectivity index (χ4v) is 6.62. The normalized spacial score (nSPS) is 26.9. The smallest absolute Gasteiger partial charge is 0.335 e. The van der Waals surface area contributed by atoms with Crippen LogP contribution in [-0.4, -0.2) is 64.6 Å². The predicted octanol–water partition coefficient (Wildman–Crippen LogP) is 6.15. The zero-order valence-electron chi connectivity index (χ0n) is 24.4. The van der Waals surface area contributed by atoms with Gasteiger partial charge in [0.2, 0.25) is 0 Å². The van der Waals surface area contributed by atoms with Crippen LogP contribution in [0, 0.1) is 16.7 Å². The van der Waals surface area contributed by atoms with Crippen LogP contribution in [0.5, 0.6) is 0 Å². The largest absolute Gasteiger partial charge is 0.478 e. The number of likely N-dealkylation sites (tertiary alicyclic amines) is 1. The van der Waals surface area contributed by atoms with Crippen molar-refractivity contribution in [3.05, 3.63) is 35.4 Å². The lowest BCUT2D eigenvalue weighted by Gasteiger charge is -2.41. The number of carboxylic acids is 1. The van der Waals surface area contributed by atoms with Gasteiger partial charge < -0.3 is 19.6 Å². The molecule has 1 aromatic carbocycles. The number of benzene rings is 1. The molecule has 0 bridgehead atoms. The summed E-state index contributed by atoms with van der Waals surface area (Å²) in [4.78, 5) is 35.7. The number of aromatic carboxylic acids is 1. The lowest BCUT2D eigenvalue weighted by Crippen LogP contribution is -2.50. The van der Waals surface area contributed by atoms with Crippen molar-refractivity contribution in [2.75, 3.05) is 20.3 Å². The molecule has 1 aliphatic carbocycles. The molecule has 2 fully saturated rings. The highest BCUT2D eigenvalue weighted by molar-refractivity contribution is 6.39. The number of carboxylic acid groups (broad SMARTS) is 1. The maximum Gasteiger partial charge on any atom is 0.335 e. The summed E-state index contributed by atoms with van der Waals surface area (Å²) in [5.41, 5.74) is 0.903. The van der Waals surface area contributed by atoms with E-state index in [1.165, 1.54) is 0 Å². The van der Waals surface area contributed by atoms with E-state index >= 15 is 0 Å². The highest BCUT2D eigenvalue weighted by Gasteiger charge is 2.56. The fraction of sp³-hybridized carbons (Fsp3) is 0.710. The van der Waals surface area contributed by atoms with Crippen molar-refractivity contribution in [1.82, 2.24) is 9.80 Å². The van der Waals surface area contributed by atoms with Gasteiger partial charge in [-0.15, -0.1) is 0 Å². The van der Waals surface area contributed by atoms with Gasteiger partial charge >= 0.3 is 5.97 Å². The van der Waals surface area contributed by atoms with E-state index in [1.807, 2.05) is 12.1 Å². The van der Waals surface area contributed by atoms with Crippen LogP contribution in [0.1, 0.15) is 108 Å². The minimum Gasteiger partial charge on any atom is -0.478 e. The minimum absolute atomic E-state index is 0.0174. The lowest BCUT2D eigenvalue weighted by atomic mass is 9.79. The molecule has 1 N–H and O–H groups in total. The maximum absolute atomic E-state index is 14.5. The standard InChI is InChI=1S/C31H47N3O4/c1-29(2,3)16-15-25(21-10-12-22(13-11-21)28(36)37)34-27(35)26(33-18-8-9-24(33)20-38-7)32-31(34)17-14-23(19-31)30(4,5)6/h10-13,23-25H,8-9,14-20H2,1-7H3,(H,36,37)/t23?,24?,25-,31?/m1/s1. The molecule has 3 unspecified atom stereocenters. The van der Waals surface area contributed by atoms with Crippen molar-refractivity contribution >= 4 is 17.7 Å². The van der Waals surface area contributed by atoms with E-state index in [-0.39, 0.29) is 34.4 Å². The summed E-state index contributed by atoms with van der Waals surface area (Å²) in [6.07, 6.45) is 6.51. The van der Waals surface area contributed by atoms with E-state index in [0.29, 0.717) is 18.4 Å². The van der Waals surface area contributed by atoms with Gasteiger partial charge in [-0.2, -0.15) is 0 Å². The summed E-state index contributed by atoms with van der Waals surface area (Å²) in [5.74, 6) is 0.141. The van der Waals surface area contributed by atoms with Crippen LogP contribution in [0.2, 0.25) is 0 Å². The van der Waals surface area contributed by atoms with Crippen LogP contribution < -0.4 is 0 Å². The monoisotopic (exact) mass is 525 g/mol. The number of carbonyl (C=O) groups is 2. The molecular weight excluding hydrogens is 478 g/mol. The molecule has 1 aromatic rings. The van der Waals surface area contributed by atoms with Gasteiger partial charge in [-0.05, 0) is 79.4 Å². The zero-order valence-corrected chi connectivity index (χ0v) is 24.4. The zero-order chi connectivity index (χ0) is 27.9. The van der Waals surface area contributed by atoms with Crippen LogP contribution in [0.4, 0.5) is 0 Å². The second-order valence-corrected chi connectivity index (χ2v) is 13.9. The molecule has 4 rings (SSSR count). The quantitative estimate of drug-likeness (QED) is 0.462. The van der Waals surface area contributed by atoms with Crippen molar-refractivity contribution in [3.63, 3.8) is 0 Å². The lowest BCUT2D eigenvalue weighted by molar-refractivity contribution is -0.132. The maximum atomic E-state index is 14.5. The molecule has 38 heavy (non-hydrogen) atoms. The average Bonchev–Trinajstić information content (AvgIpc) is 3.53. The Balaban J connectivity index is 1.78. The van der Waals surface area contributed by atoms with Gasteiger partial charge in [0.25, 0.3) is 5.91 Å². The summed E-state index contributed by atoms with van der Waals surface area (Å²) in [7, 11) is 1.72. The third kappa shape index (κ3) is 5.78. The first-order valence-corrected chi connectivity index (χ1v) is 14.3. The van der Waals surface area contributed by atoms with Crippen molar-refractivity contribution in [1.29, 1.82) is 0 Å². The van der Waals surface area contributed by atoms with Crippen LogP contribution in [0.25, 0.3) is 0 Å². The van der Waals surface area contributed by atoms with Crippen molar-refractivity contribution in [2.24, 2.45) is 21.7 Å². The average molecular weight is 526 g/mol. The number of amidine groups is 1. The molecule has 7 nitrogen and oxygen atoms in total. The Bertz CT molecular complexity index is 1050. The highest BCUT2D eigenvalue weighted by Crippen LogP contribution is 2.53. The molecule has 4 atom stereocenters. The number of rotatable bonds is 7. The van der Waals surface area contributed by atoms with E-state index in [1.54, 1.807) is 19.2 Å². The molecule has 0 aromatic heterocycles. The molecule has 3 aliphatic rings. The Morgan fingerprint density at radius 2 is 1.84 bits per heavy atom. The van der Waals surface area contributed by atoms with Gasteiger partial charge in [0.15, 0.2) is 5.84 Å². The molecule has 0 radical (unpaired) electrons. The molecule has 7 heteroatoms. The van der Waals surface area contributed by atoms with Crippen molar-refractivity contribution < 1.29 is 19.4 Å². The Kier molecular flexibility index (Phi) is 8.00. The number of methoxy groups -OCH3 is 1. The molecule has 1 saturated carbocycles. The first kappa shape index (κ1) is 28.6. The van der Waals surface area contributed by atoms with Gasteiger partial charge in [-0.25, -0.2) is 9.79 Å². The number of hydrogen-bond acceptors (Lipinski definition) is 5. The second kappa shape index (κ2) is 10.6. The summed E-state index contributed by atoms with van der Waals surface area (Å²) >= 11 is 0. The van der Waals surface area contributed by atoms with Gasteiger partial charge in [0.1, 0.15) is 5.66 Å². The molecule has 1 saturated heterocycles. The third-order valence-corrected chi connectivity index (χ3v) is 8.89. The number of hydrogen-bond donors (Lipinski definition) is 1. The number of nitrogens with zero attached hydrogens (tertiary/aromatic N) is 3. The molecule has 1 spiro atoms. The van der Waals surface area contributed by atoms with Crippen LogP contribution in [0.15, 0.2) is 29.3 Å². The van der Waals surface area contributed by atoms with Crippen LogP contribution in [-0.2, 0) is 9.53 Å². The van der Waals surface area contributed by atoms with E-state index in [4.69, 9.17) is 9.73 Å². The van der Waals surface area contributed by atoms with E-state index in [0.717, 1.165) is 57.1 Å². The Hall–Kier alpha value is -2.41. The second-order valence-electron chi connectivity index (χ2n) is 13.9. The van der Waals surface area contributed by atoms with Crippen molar-refractivity contribution in [3.8, 4) is 0 Å². The van der Waals surface area contributed by atoms with Gasteiger partial charge in [-0.1, -0.05) is 53.7 Å². The van der Waals surface area contributed by atoms with Gasteiger partial charge in [0.05, 0.1) is 24.3 Å². The number of carbonyl (C=O) groups excluding carboxylic acids is 1. The van der Waals surface area contributed by atoms with E-state index < -0.39 is 11.6 Å².